The minimum absolute atomic E-state index is 0.0822. The average molecular weight is 422 g/mol. The summed E-state index contributed by atoms with van der Waals surface area (Å²) in [6.45, 7) is 3.43. The lowest BCUT2D eigenvalue weighted by molar-refractivity contribution is -0.130. The van der Waals surface area contributed by atoms with Gasteiger partial charge in [0.2, 0.25) is 11.8 Å². The third-order valence-electron chi connectivity index (χ3n) is 5.13. The van der Waals surface area contributed by atoms with Gasteiger partial charge in [0.1, 0.15) is 24.2 Å². The number of benzene rings is 2. The molecular weight excluding hydrogens is 396 g/mol. The van der Waals surface area contributed by atoms with E-state index < -0.39 is 6.10 Å². The Balaban J connectivity index is 1.47. The number of carbonyl (C=O) groups excluding carboxylic acids is 2. The number of para-hydroxylation sites is 2. The number of hydrogen-bond donors (Lipinski definition) is 2. The van der Waals surface area contributed by atoms with Crippen LogP contribution in [0.1, 0.15) is 25.6 Å². The van der Waals surface area contributed by atoms with Crippen molar-refractivity contribution in [2.75, 3.05) is 18.5 Å². The van der Waals surface area contributed by atoms with Crippen molar-refractivity contribution < 1.29 is 19.1 Å². The second-order valence-electron chi connectivity index (χ2n) is 7.33. The first-order chi connectivity index (χ1) is 15.1. The van der Waals surface area contributed by atoms with Gasteiger partial charge in [0.15, 0.2) is 0 Å². The molecule has 0 radical (unpaired) electrons. The first-order valence-corrected chi connectivity index (χ1v) is 10.5. The smallest absolute Gasteiger partial charge is 0.249 e. The van der Waals surface area contributed by atoms with Gasteiger partial charge in [-0.25, -0.2) is 4.98 Å². The molecule has 1 aliphatic rings. The van der Waals surface area contributed by atoms with Gasteiger partial charge in [-0.3, -0.25) is 9.59 Å². The third kappa shape index (κ3) is 5.03. The molecule has 2 aromatic carbocycles. The van der Waals surface area contributed by atoms with Gasteiger partial charge in [0.05, 0.1) is 24.2 Å². The zero-order valence-electron chi connectivity index (χ0n) is 17.5. The Labute approximate surface area is 180 Å². The van der Waals surface area contributed by atoms with Crippen molar-refractivity contribution >= 4 is 28.5 Å². The molecule has 0 saturated carbocycles. The Morgan fingerprint density at radius 3 is 2.74 bits per heavy atom. The molecule has 1 aromatic heterocycles. The second kappa shape index (κ2) is 9.61. The lowest BCUT2D eigenvalue weighted by atomic mass is 10.2. The van der Waals surface area contributed by atoms with Crippen LogP contribution in [0.5, 0.6) is 5.75 Å². The van der Waals surface area contributed by atoms with Gasteiger partial charge >= 0.3 is 0 Å². The van der Waals surface area contributed by atoms with Crippen molar-refractivity contribution in [1.82, 2.24) is 14.9 Å². The van der Waals surface area contributed by atoms with E-state index in [0.29, 0.717) is 24.7 Å². The summed E-state index contributed by atoms with van der Waals surface area (Å²) >= 11 is 0. The van der Waals surface area contributed by atoms with Crippen LogP contribution in [0.4, 0.5) is 5.69 Å². The monoisotopic (exact) mass is 422 g/mol. The quantitative estimate of drug-likeness (QED) is 0.582. The molecule has 1 unspecified atom stereocenters. The highest BCUT2D eigenvalue weighted by molar-refractivity contribution is 5.91. The van der Waals surface area contributed by atoms with Gasteiger partial charge < -0.3 is 24.7 Å². The van der Waals surface area contributed by atoms with E-state index in [1.807, 2.05) is 47.9 Å². The van der Waals surface area contributed by atoms with Gasteiger partial charge in [0, 0.05) is 12.3 Å². The zero-order valence-corrected chi connectivity index (χ0v) is 17.5. The van der Waals surface area contributed by atoms with E-state index in [0.717, 1.165) is 29.6 Å². The number of carbonyl (C=O) groups is 2. The van der Waals surface area contributed by atoms with Crippen LogP contribution in [0.2, 0.25) is 0 Å². The molecule has 8 nitrogen and oxygen atoms in total. The summed E-state index contributed by atoms with van der Waals surface area (Å²) in [6, 6.07) is 14.8. The lowest BCUT2D eigenvalue weighted by Gasteiger charge is -2.13. The first-order valence-electron chi connectivity index (χ1n) is 10.5. The van der Waals surface area contributed by atoms with E-state index in [4.69, 9.17) is 9.47 Å². The van der Waals surface area contributed by atoms with Gasteiger partial charge in [-0.05, 0) is 56.2 Å². The van der Waals surface area contributed by atoms with Crippen molar-refractivity contribution in [2.24, 2.45) is 0 Å². The third-order valence-corrected chi connectivity index (χ3v) is 5.13. The normalized spacial score (nSPS) is 15.7. The summed E-state index contributed by atoms with van der Waals surface area (Å²) in [7, 11) is 0. The summed E-state index contributed by atoms with van der Waals surface area (Å²) in [4.78, 5) is 29.7. The molecule has 2 heterocycles. The number of ether oxygens (including phenoxy) is 2. The van der Waals surface area contributed by atoms with Crippen LogP contribution >= 0.6 is 0 Å². The maximum absolute atomic E-state index is 12.7. The van der Waals surface area contributed by atoms with Crippen molar-refractivity contribution in [2.45, 2.75) is 39.0 Å². The van der Waals surface area contributed by atoms with Crippen molar-refractivity contribution in [1.29, 1.82) is 0 Å². The van der Waals surface area contributed by atoms with E-state index in [1.165, 1.54) is 0 Å². The fraction of sp³-hybridized carbons (Fsp3) is 0.348. The zero-order chi connectivity index (χ0) is 21.6. The Bertz CT molecular complexity index is 1060. The maximum atomic E-state index is 12.7. The highest BCUT2D eigenvalue weighted by Crippen LogP contribution is 2.19. The second-order valence-corrected chi connectivity index (χ2v) is 7.33. The van der Waals surface area contributed by atoms with Crippen LogP contribution in [0.15, 0.2) is 48.5 Å². The van der Waals surface area contributed by atoms with E-state index in [-0.39, 0.29) is 24.9 Å². The summed E-state index contributed by atoms with van der Waals surface area (Å²) < 4.78 is 12.7. The molecule has 2 N–H and O–H groups in total. The molecular formula is C23H26N4O4. The number of nitrogens with zero attached hydrogens (tertiary/aromatic N) is 2. The van der Waals surface area contributed by atoms with E-state index in [1.54, 1.807) is 12.1 Å². The van der Waals surface area contributed by atoms with Gasteiger partial charge in [-0.2, -0.15) is 0 Å². The summed E-state index contributed by atoms with van der Waals surface area (Å²) in [5.41, 5.74) is 2.30. The largest absolute Gasteiger partial charge is 0.494 e. The predicted molar refractivity (Wildman–Crippen MR) is 117 cm³/mol. The SMILES string of the molecule is CCOc1ccc(NC(=O)Cn2c(CNC(=O)C3CCCO3)nc3ccccc32)cc1. The van der Waals surface area contributed by atoms with Crippen LogP contribution < -0.4 is 15.4 Å². The Kier molecular flexibility index (Phi) is 6.47. The van der Waals surface area contributed by atoms with Crippen molar-refractivity contribution in [3.05, 3.63) is 54.4 Å². The van der Waals surface area contributed by atoms with E-state index in [2.05, 4.69) is 15.6 Å². The summed E-state index contributed by atoms with van der Waals surface area (Å²) in [5, 5.41) is 5.79. The number of anilines is 1. The lowest BCUT2D eigenvalue weighted by Crippen LogP contribution is -2.34. The van der Waals surface area contributed by atoms with Crippen molar-refractivity contribution in [3.8, 4) is 5.75 Å². The molecule has 2 amide bonds. The number of nitrogens with one attached hydrogen (secondary N) is 2. The van der Waals surface area contributed by atoms with E-state index >= 15 is 0 Å². The summed E-state index contributed by atoms with van der Waals surface area (Å²) in [5.74, 6) is 1.05. The molecule has 1 aliphatic heterocycles. The topological polar surface area (TPSA) is 94.5 Å². The van der Waals surface area contributed by atoms with Crippen LogP contribution in [0, 0.1) is 0 Å². The number of amides is 2. The molecule has 0 aliphatic carbocycles. The number of imidazole rings is 1. The molecule has 162 valence electrons. The molecule has 1 fully saturated rings. The average Bonchev–Trinajstić information content (AvgIpc) is 3.43. The van der Waals surface area contributed by atoms with Gasteiger partial charge in [0.25, 0.3) is 0 Å². The molecule has 0 spiro atoms. The predicted octanol–water partition coefficient (Wildman–Crippen LogP) is 2.87. The fourth-order valence-electron chi connectivity index (χ4n) is 3.65. The minimum atomic E-state index is -0.402. The van der Waals surface area contributed by atoms with Gasteiger partial charge in [-0.1, -0.05) is 12.1 Å². The number of aromatic nitrogens is 2. The molecule has 1 atom stereocenters. The maximum Gasteiger partial charge on any atom is 0.249 e. The minimum Gasteiger partial charge on any atom is -0.494 e. The van der Waals surface area contributed by atoms with E-state index in [9.17, 15) is 9.59 Å². The Morgan fingerprint density at radius 1 is 1.19 bits per heavy atom. The van der Waals surface area contributed by atoms with Crippen LogP contribution in [0.3, 0.4) is 0 Å². The molecule has 31 heavy (non-hydrogen) atoms. The Morgan fingerprint density at radius 2 is 2.00 bits per heavy atom. The standard InChI is InChI=1S/C23H26N4O4/c1-2-30-17-11-9-16(10-12-17)25-22(28)15-27-19-7-4-3-6-18(19)26-21(27)14-24-23(29)20-8-5-13-31-20/h3-4,6-7,9-12,20H,2,5,8,13-15H2,1H3,(H,24,29)(H,25,28). The Hall–Kier alpha value is -3.39. The fourth-order valence-corrected chi connectivity index (χ4v) is 3.65. The van der Waals surface area contributed by atoms with Crippen LogP contribution in [0.25, 0.3) is 11.0 Å². The molecule has 1 saturated heterocycles. The molecule has 8 heteroatoms. The highest BCUT2D eigenvalue weighted by Gasteiger charge is 2.24. The van der Waals surface area contributed by atoms with Crippen LogP contribution in [-0.4, -0.2) is 40.7 Å². The van der Waals surface area contributed by atoms with Crippen molar-refractivity contribution in [3.63, 3.8) is 0 Å². The first kappa shape index (κ1) is 20.9. The highest BCUT2D eigenvalue weighted by atomic mass is 16.5. The van der Waals surface area contributed by atoms with Crippen LogP contribution in [-0.2, 0) is 27.4 Å². The van der Waals surface area contributed by atoms with Gasteiger partial charge in [-0.15, -0.1) is 0 Å². The molecule has 4 rings (SSSR count). The molecule has 0 bridgehead atoms. The number of rotatable bonds is 8. The number of fused-ring (bicyclic) bond motifs is 1. The summed E-state index contributed by atoms with van der Waals surface area (Å²) in [6.07, 6.45) is 1.22. The molecule has 3 aromatic rings. The number of hydrogen-bond acceptors (Lipinski definition) is 5.